The first-order valence-corrected chi connectivity index (χ1v) is 11.5. The summed E-state index contributed by atoms with van der Waals surface area (Å²) >= 11 is 0. The minimum Gasteiger partial charge on any atom is -0.504 e. The van der Waals surface area contributed by atoms with E-state index in [9.17, 15) is 14.7 Å². The van der Waals surface area contributed by atoms with E-state index in [1.807, 2.05) is 36.4 Å². The van der Waals surface area contributed by atoms with Gasteiger partial charge in [0.25, 0.3) is 0 Å². The van der Waals surface area contributed by atoms with Crippen molar-refractivity contribution in [3.05, 3.63) is 89.3 Å². The van der Waals surface area contributed by atoms with E-state index >= 15 is 0 Å². The summed E-state index contributed by atoms with van der Waals surface area (Å²) in [6.45, 7) is 5.32. The quantitative estimate of drug-likeness (QED) is 0.389. The topological polar surface area (TPSA) is 83.0 Å². The van der Waals surface area contributed by atoms with Gasteiger partial charge in [0.15, 0.2) is 23.1 Å². The van der Waals surface area contributed by atoms with E-state index in [2.05, 4.69) is 14.8 Å². The standard InChI is InChI=1S/C28H29N3O4/c1-20(32)22-6-8-25(9-7-22)31-14-12-30(13-15-31)19-24-16-23(17-27(35-2)28(24)34)26(33)10-5-21-4-3-11-29-18-21/h3-11,16-18,34H,12-15,19H2,1-2H3/b10-5+. The van der Waals surface area contributed by atoms with Gasteiger partial charge in [0.05, 0.1) is 7.11 Å². The van der Waals surface area contributed by atoms with Gasteiger partial charge in [-0.2, -0.15) is 0 Å². The summed E-state index contributed by atoms with van der Waals surface area (Å²) in [7, 11) is 1.48. The number of aromatic nitrogens is 1. The van der Waals surface area contributed by atoms with Gasteiger partial charge in [0, 0.05) is 67.5 Å². The molecule has 1 saturated heterocycles. The zero-order chi connectivity index (χ0) is 24.8. The van der Waals surface area contributed by atoms with E-state index < -0.39 is 0 Å². The van der Waals surface area contributed by atoms with Crippen LogP contribution >= 0.6 is 0 Å². The molecule has 0 amide bonds. The Morgan fingerprint density at radius 1 is 1.06 bits per heavy atom. The van der Waals surface area contributed by atoms with E-state index in [1.165, 1.54) is 13.2 Å². The van der Waals surface area contributed by atoms with E-state index in [-0.39, 0.29) is 23.1 Å². The van der Waals surface area contributed by atoms with Crippen LogP contribution in [0.3, 0.4) is 0 Å². The minimum absolute atomic E-state index is 0.0579. The van der Waals surface area contributed by atoms with Gasteiger partial charge < -0.3 is 14.7 Å². The number of benzene rings is 2. The summed E-state index contributed by atoms with van der Waals surface area (Å²) < 4.78 is 5.34. The van der Waals surface area contributed by atoms with Crippen molar-refractivity contribution in [1.29, 1.82) is 0 Å². The van der Waals surface area contributed by atoms with E-state index in [0.717, 1.165) is 37.4 Å². The fraction of sp³-hybridized carbons (Fsp3) is 0.250. The maximum absolute atomic E-state index is 12.8. The van der Waals surface area contributed by atoms with E-state index in [1.54, 1.807) is 37.5 Å². The maximum atomic E-state index is 12.8. The average molecular weight is 472 g/mol. The highest BCUT2D eigenvalue weighted by Gasteiger charge is 2.21. The fourth-order valence-corrected chi connectivity index (χ4v) is 4.14. The van der Waals surface area contributed by atoms with Crippen molar-refractivity contribution < 1.29 is 19.4 Å². The van der Waals surface area contributed by atoms with Crippen LogP contribution in [0.2, 0.25) is 0 Å². The predicted molar refractivity (Wildman–Crippen MR) is 136 cm³/mol. The highest BCUT2D eigenvalue weighted by atomic mass is 16.5. The molecule has 0 saturated carbocycles. The Kier molecular flexibility index (Phi) is 7.57. The van der Waals surface area contributed by atoms with Gasteiger partial charge in [-0.3, -0.25) is 19.5 Å². The number of aromatic hydroxyl groups is 1. The summed E-state index contributed by atoms with van der Waals surface area (Å²) in [4.78, 5) is 32.9. The second-order valence-electron chi connectivity index (χ2n) is 8.54. The number of pyridine rings is 1. The van der Waals surface area contributed by atoms with Gasteiger partial charge in [-0.1, -0.05) is 6.07 Å². The molecule has 1 aliphatic heterocycles. The number of rotatable bonds is 8. The SMILES string of the molecule is COc1cc(C(=O)/C=C/c2cccnc2)cc(CN2CCN(c3ccc(C(C)=O)cc3)CC2)c1O. The molecule has 180 valence electrons. The van der Waals surface area contributed by atoms with E-state index in [0.29, 0.717) is 23.2 Å². The zero-order valence-electron chi connectivity index (χ0n) is 20.0. The van der Waals surface area contributed by atoms with Crippen molar-refractivity contribution in [2.24, 2.45) is 0 Å². The highest BCUT2D eigenvalue weighted by molar-refractivity contribution is 6.07. The number of nitrogens with zero attached hydrogens (tertiary/aromatic N) is 3. The molecule has 1 aliphatic rings. The van der Waals surface area contributed by atoms with Crippen molar-refractivity contribution in [1.82, 2.24) is 9.88 Å². The van der Waals surface area contributed by atoms with Crippen LogP contribution < -0.4 is 9.64 Å². The monoisotopic (exact) mass is 471 g/mol. The van der Waals surface area contributed by atoms with Gasteiger partial charge in [-0.25, -0.2) is 0 Å². The molecule has 0 aliphatic carbocycles. The number of phenols is 1. The second-order valence-corrected chi connectivity index (χ2v) is 8.54. The van der Waals surface area contributed by atoms with Gasteiger partial charge in [0.1, 0.15) is 0 Å². The smallest absolute Gasteiger partial charge is 0.186 e. The summed E-state index contributed by atoms with van der Waals surface area (Å²) in [6, 6.07) is 14.7. The minimum atomic E-state index is -0.174. The Morgan fingerprint density at radius 2 is 1.80 bits per heavy atom. The van der Waals surface area contributed by atoms with Crippen LogP contribution in [-0.4, -0.2) is 59.8 Å². The molecule has 2 heterocycles. The molecule has 0 unspecified atom stereocenters. The van der Waals surface area contributed by atoms with Crippen molar-refractivity contribution >= 4 is 23.3 Å². The van der Waals surface area contributed by atoms with Crippen molar-refractivity contribution in [2.45, 2.75) is 13.5 Å². The van der Waals surface area contributed by atoms with Crippen LogP contribution in [0.15, 0.2) is 67.0 Å². The number of methoxy groups -OCH3 is 1. The number of anilines is 1. The number of hydrogen-bond donors (Lipinski definition) is 1. The molecule has 0 radical (unpaired) electrons. The Labute approximate surface area is 205 Å². The molecule has 1 fully saturated rings. The van der Waals surface area contributed by atoms with Crippen molar-refractivity contribution in [3.63, 3.8) is 0 Å². The zero-order valence-corrected chi connectivity index (χ0v) is 20.0. The van der Waals surface area contributed by atoms with Crippen LogP contribution in [0.5, 0.6) is 11.5 Å². The third-order valence-corrected chi connectivity index (χ3v) is 6.18. The molecular weight excluding hydrogens is 442 g/mol. The molecule has 0 spiro atoms. The van der Waals surface area contributed by atoms with Crippen molar-refractivity contribution in [2.75, 3.05) is 38.2 Å². The lowest BCUT2D eigenvalue weighted by atomic mass is 10.0. The number of ether oxygens (including phenoxy) is 1. The lowest BCUT2D eigenvalue weighted by Crippen LogP contribution is -2.46. The highest BCUT2D eigenvalue weighted by Crippen LogP contribution is 2.33. The second kappa shape index (κ2) is 11.0. The maximum Gasteiger partial charge on any atom is 0.186 e. The third kappa shape index (κ3) is 5.94. The average Bonchev–Trinajstić information content (AvgIpc) is 2.89. The van der Waals surface area contributed by atoms with Crippen LogP contribution in [-0.2, 0) is 6.54 Å². The molecule has 2 aromatic carbocycles. The number of carbonyl (C=O) groups excluding carboxylic acids is 2. The van der Waals surface area contributed by atoms with Crippen LogP contribution in [0.4, 0.5) is 5.69 Å². The molecule has 3 aromatic rings. The molecule has 1 N–H and O–H groups in total. The molecule has 35 heavy (non-hydrogen) atoms. The van der Waals surface area contributed by atoms with Gasteiger partial charge in [0.2, 0.25) is 0 Å². The van der Waals surface area contributed by atoms with Crippen molar-refractivity contribution in [3.8, 4) is 11.5 Å². The molecule has 4 rings (SSSR count). The predicted octanol–water partition coefficient (Wildman–Crippen LogP) is 4.22. The van der Waals surface area contributed by atoms with E-state index in [4.69, 9.17) is 4.74 Å². The number of carbonyl (C=O) groups is 2. The molecule has 7 heteroatoms. The lowest BCUT2D eigenvalue weighted by molar-refractivity contribution is 0.101. The van der Waals surface area contributed by atoms with Crippen LogP contribution in [0.25, 0.3) is 6.08 Å². The Balaban J connectivity index is 1.43. The Hall–Kier alpha value is -3.97. The number of piperazine rings is 1. The third-order valence-electron chi connectivity index (χ3n) is 6.18. The summed E-state index contributed by atoms with van der Waals surface area (Å²) in [5.74, 6) is 0.226. The Bertz CT molecular complexity index is 1210. The molecule has 7 nitrogen and oxygen atoms in total. The molecule has 1 aromatic heterocycles. The van der Waals surface area contributed by atoms with Crippen LogP contribution in [0.1, 0.15) is 38.8 Å². The first-order valence-electron chi connectivity index (χ1n) is 11.5. The molecular formula is C28H29N3O4. The number of hydrogen-bond acceptors (Lipinski definition) is 7. The first-order chi connectivity index (χ1) is 16.9. The number of ketones is 2. The fourth-order valence-electron chi connectivity index (χ4n) is 4.14. The van der Waals surface area contributed by atoms with Crippen LogP contribution in [0, 0.1) is 0 Å². The normalized spacial score (nSPS) is 14.3. The van der Waals surface area contributed by atoms with Gasteiger partial charge >= 0.3 is 0 Å². The lowest BCUT2D eigenvalue weighted by Gasteiger charge is -2.36. The number of allylic oxidation sites excluding steroid dienone is 1. The van der Waals surface area contributed by atoms with Gasteiger partial charge in [-0.05, 0) is 67.1 Å². The summed E-state index contributed by atoms with van der Waals surface area (Å²) in [5.41, 5.74) is 3.75. The van der Waals surface area contributed by atoms with Gasteiger partial charge in [-0.15, -0.1) is 0 Å². The first kappa shape index (κ1) is 24.2. The molecule has 0 atom stereocenters. The Morgan fingerprint density at radius 3 is 2.43 bits per heavy atom. The number of Topliss-reactive ketones (excluding diaryl/α,β-unsaturated/α-hetero) is 1. The largest absolute Gasteiger partial charge is 0.504 e. The number of phenolic OH excluding ortho intramolecular Hbond substituents is 1. The molecule has 0 bridgehead atoms. The summed E-state index contributed by atoms with van der Waals surface area (Å²) in [5, 5.41) is 10.7. The summed E-state index contributed by atoms with van der Waals surface area (Å²) in [6.07, 6.45) is 6.59.